The molecule has 3 rings (SSSR count). The number of nitro groups is 1. The highest BCUT2D eigenvalue weighted by atomic mass is 16.6. The van der Waals surface area contributed by atoms with Crippen LogP contribution in [-0.4, -0.2) is 35.3 Å². The fraction of sp³-hybridized carbons (Fsp3) is 0.238. The lowest BCUT2D eigenvalue weighted by Crippen LogP contribution is -2.35. The molecule has 0 spiro atoms. The fourth-order valence-electron chi connectivity index (χ4n) is 3.09. The maximum Gasteiger partial charge on any atom is 0.278 e. The lowest BCUT2D eigenvalue weighted by atomic mass is 10.0. The molecule has 2 amide bonds. The number of ether oxygens (including phenoxy) is 1. The van der Waals surface area contributed by atoms with Crippen molar-refractivity contribution in [2.24, 2.45) is 5.92 Å². The zero-order valence-electron chi connectivity index (χ0n) is 16.3. The van der Waals surface area contributed by atoms with Gasteiger partial charge >= 0.3 is 0 Å². The maximum atomic E-state index is 13.0. The normalized spacial score (nSPS) is 14.0. The number of nitro benzene ring substituents is 1. The van der Waals surface area contributed by atoms with Crippen LogP contribution >= 0.6 is 0 Å². The number of carbonyl (C=O) groups is 2. The summed E-state index contributed by atoms with van der Waals surface area (Å²) in [6.45, 7) is 4.11. The molecule has 0 unspecified atom stereocenters. The van der Waals surface area contributed by atoms with Crippen LogP contribution < -0.4 is 10.1 Å². The number of nitrogens with zero attached hydrogens (tertiary/aromatic N) is 2. The highest BCUT2D eigenvalue weighted by Crippen LogP contribution is 2.32. The van der Waals surface area contributed by atoms with Crippen LogP contribution in [0.5, 0.6) is 5.75 Å². The fourth-order valence-corrected chi connectivity index (χ4v) is 3.09. The molecule has 0 saturated heterocycles. The van der Waals surface area contributed by atoms with Crippen LogP contribution in [0.25, 0.3) is 5.57 Å². The average molecular weight is 395 g/mol. The topological polar surface area (TPSA) is 102 Å². The van der Waals surface area contributed by atoms with Crippen molar-refractivity contribution in [1.82, 2.24) is 4.90 Å². The molecular weight excluding hydrogens is 374 g/mol. The van der Waals surface area contributed by atoms with Crippen LogP contribution in [0.2, 0.25) is 0 Å². The van der Waals surface area contributed by atoms with Crippen LogP contribution in [0, 0.1) is 16.0 Å². The Morgan fingerprint density at radius 3 is 2.38 bits per heavy atom. The molecule has 0 bridgehead atoms. The summed E-state index contributed by atoms with van der Waals surface area (Å²) < 4.78 is 5.21. The molecular formula is C21H21N3O5. The summed E-state index contributed by atoms with van der Waals surface area (Å²) in [5, 5.41) is 14.0. The standard InChI is InChI=1S/C21H21N3O5/c1-13(2)12-23-20(25)18(14-7-9-16(10-8-14)24(27)28)19(21(23)26)22-15-5-4-6-17(11-15)29-3/h4-11,13,22H,12H2,1-3H3. The predicted molar refractivity (Wildman–Crippen MR) is 108 cm³/mol. The number of nitrogens with one attached hydrogen (secondary N) is 1. The summed E-state index contributed by atoms with van der Waals surface area (Å²) in [7, 11) is 1.54. The van der Waals surface area contributed by atoms with Crippen molar-refractivity contribution in [3.8, 4) is 5.75 Å². The van der Waals surface area contributed by atoms with E-state index in [9.17, 15) is 19.7 Å². The van der Waals surface area contributed by atoms with Gasteiger partial charge in [-0.1, -0.05) is 19.9 Å². The minimum absolute atomic E-state index is 0.0903. The molecule has 1 heterocycles. The molecule has 1 aliphatic rings. The van der Waals surface area contributed by atoms with Gasteiger partial charge < -0.3 is 10.1 Å². The molecule has 0 saturated carbocycles. The molecule has 8 nitrogen and oxygen atoms in total. The smallest absolute Gasteiger partial charge is 0.278 e. The Labute approximate surface area is 167 Å². The van der Waals surface area contributed by atoms with E-state index in [0.29, 0.717) is 17.0 Å². The van der Waals surface area contributed by atoms with Gasteiger partial charge in [0.15, 0.2) is 0 Å². The monoisotopic (exact) mass is 395 g/mol. The number of benzene rings is 2. The molecule has 2 aromatic carbocycles. The molecule has 0 atom stereocenters. The molecule has 2 aromatic rings. The molecule has 1 N–H and O–H groups in total. The number of hydrogen-bond donors (Lipinski definition) is 1. The molecule has 0 fully saturated rings. The van der Waals surface area contributed by atoms with Gasteiger partial charge in [-0.15, -0.1) is 0 Å². The number of carbonyl (C=O) groups excluding carboxylic acids is 2. The van der Waals surface area contributed by atoms with Gasteiger partial charge in [0.2, 0.25) is 0 Å². The third-order valence-electron chi connectivity index (χ3n) is 4.42. The number of non-ortho nitro benzene ring substituents is 1. The second-order valence-electron chi connectivity index (χ2n) is 7.03. The minimum atomic E-state index is -0.514. The number of hydrogen-bond acceptors (Lipinski definition) is 6. The SMILES string of the molecule is COc1cccc(NC2=C(c3ccc([N+](=O)[O-])cc3)C(=O)N(CC(C)C)C2=O)c1. The van der Waals surface area contributed by atoms with Crippen molar-refractivity contribution in [1.29, 1.82) is 0 Å². The number of amides is 2. The van der Waals surface area contributed by atoms with Crippen molar-refractivity contribution in [3.05, 3.63) is 69.9 Å². The van der Waals surface area contributed by atoms with Crippen LogP contribution in [0.4, 0.5) is 11.4 Å². The first-order valence-corrected chi connectivity index (χ1v) is 9.08. The van der Waals surface area contributed by atoms with Gasteiger partial charge in [0.25, 0.3) is 17.5 Å². The summed E-state index contributed by atoms with van der Waals surface area (Å²) in [5.74, 6) is -0.164. The Hall–Kier alpha value is -3.68. The molecule has 150 valence electrons. The van der Waals surface area contributed by atoms with Crippen molar-refractivity contribution >= 4 is 28.8 Å². The molecule has 0 aliphatic carbocycles. The summed E-state index contributed by atoms with van der Waals surface area (Å²) in [6.07, 6.45) is 0. The Kier molecular flexibility index (Phi) is 5.63. The third kappa shape index (κ3) is 4.11. The van der Waals surface area contributed by atoms with Gasteiger partial charge in [0.1, 0.15) is 11.4 Å². The number of methoxy groups -OCH3 is 1. The number of imide groups is 1. The minimum Gasteiger partial charge on any atom is -0.497 e. The zero-order valence-corrected chi connectivity index (χ0v) is 16.3. The van der Waals surface area contributed by atoms with Gasteiger partial charge in [-0.25, -0.2) is 0 Å². The predicted octanol–water partition coefficient (Wildman–Crippen LogP) is 3.45. The number of anilines is 1. The maximum absolute atomic E-state index is 13.0. The largest absolute Gasteiger partial charge is 0.497 e. The first-order chi connectivity index (χ1) is 13.8. The van der Waals surface area contributed by atoms with Crippen LogP contribution in [0.3, 0.4) is 0 Å². The summed E-state index contributed by atoms with van der Waals surface area (Å²) >= 11 is 0. The highest BCUT2D eigenvalue weighted by Gasteiger charge is 2.39. The summed E-state index contributed by atoms with van der Waals surface area (Å²) in [5.41, 5.74) is 1.26. The van der Waals surface area contributed by atoms with Crippen molar-refractivity contribution in [3.63, 3.8) is 0 Å². The molecule has 1 aliphatic heterocycles. The highest BCUT2D eigenvalue weighted by molar-refractivity contribution is 6.36. The van der Waals surface area contributed by atoms with E-state index < -0.39 is 16.7 Å². The van der Waals surface area contributed by atoms with E-state index in [1.54, 1.807) is 24.3 Å². The molecule has 8 heteroatoms. The van der Waals surface area contributed by atoms with E-state index in [1.807, 2.05) is 13.8 Å². The first-order valence-electron chi connectivity index (χ1n) is 9.08. The van der Waals surface area contributed by atoms with Gasteiger partial charge in [-0.2, -0.15) is 0 Å². The second kappa shape index (κ2) is 8.14. The van der Waals surface area contributed by atoms with Crippen molar-refractivity contribution in [2.45, 2.75) is 13.8 Å². The quantitative estimate of drug-likeness (QED) is 0.438. The van der Waals surface area contributed by atoms with E-state index >= 15 is 0 Å². The molecule has 0 radical (unpaired) electrons. The number of rotatable bonds is 7. The van der Waals surface area contributed by atoms with Crippen LogP contribution in [0.1, 0.15) is 19.4 Å². The summed E-state index contributed by atoms with van der Waals surface area (Å²) in [6, 6.07) is 12.6. The second-order valence-corrected chi connectivity index (χ2v) is 7.03. The average Bonchev–Trinajstić information content (AvgIpc) is 2.92. The van der Waals surface area contributed by atoms with Gasteiger partial charge in [-0.3, -0.25) is 24.6 Å². The van der Waals surface area contributed by atoms with Gasteiger partial charge in [0.05, 0.1) is 17.6 Å². The first kappa shape index (κ1) is 20.1. The van der Waals surface area contributed by atoms with Crippen LogP contribution in [0.15, 0.2) is 54.2 Å². The van der Waals surface area contributed by atoms with E-state index in [-0.39, 0.29) is 29.4 Å². The lowest BCUT2D eigenvalue weighted by Gasteiger charge is -2.17. The van der Waals surface area contributed by atoms with E-state index in [4.69, 9.17) is 4.74 Å². The van der Waals surface area contributed by atoms with E-state index in [2.05, 4.69) is 5.32 Å². The van der Waals surface area contributed by atoms with Crippen molar-refractivity contribution in [2.75, 3.05) is 19.0 Å². The Morgan fingerprint density at radius 2 is 1.79 bits per heavy atom. The van der Waals surface area contributed by atoms with Gasteiger partial charge in [0, 0.05) is 30.4 Å². The third-order valence-corrected chi connectivity index (χ3v) is 4.42. The van der Waals surface area contributed by atoms with E-state index in [1.165, 1.54) is 36.3 Å². The molecule has 0 aromatic heterocycles. The van der Waals surface area contributed by atoms with Gasteiger partial charge in [-0.05, 0) is 35.7 Å². The lowest BCUT2D eigenvalue weighted by molar-refractivity contribution is -0.384. The Balaban J connectivity index is 2.06. The summed E-state index contributed by atoms with van der Waals surface area (Å²) in [4.78, 5) is 37.7. The van der Waals surface area contributed by atoms with E-state index in [0.717, 1.165) is 0 Å². The Morgan fingerprint density at radius 1 is 1.10 bits per heavy atom. The van der Waals surface area contributed by atoms with Crippen LogP contribution in [-0.2, 0) is 9.59 Å². The van der Waals surface area contributed by atoms with Crippen molar-refractivity contribution < 1.29 is 19.2 Å². The zero-order chi connectivity index (χ0) is 21.1. The Bertz CT molecular complexity index is 996. The molecule has 29 heavy (non-hydrogen) atoms.